The van der Waals surface area contributed by atoms with Gasteiger partial charge >= 0.3 is 5.97 Å². The van der Waals surface area contributed by atoms with Crippen LogP contribution in [0.25, 0.3) is 0 Å². The van der Waals surface area contributed by atoms with E-state index in [1.807, 2.05) is 0 Å². The van der Waals surface area contributed by atoms with Crippen LogP contribution >= 0.6 is 12.2 Å². The summed E-state index contributed by atoms with van der Waals surface area (Å²) >= 11 is 5.11. The third-order valence-corrected chi connectivity index (χ3v) is 3.65. The predicted molar refractivity (Wildman–Crippen MR) is 89.5 cm³/mol. The van der Waals surface area contributed by atoms with Gasteiger partial charge in [0.15, 0.2) is 11.3 Å². The van der Waals surface area contributed by atoms with Gasteiger partial charge in [0.1, 0.15) is 18.3 Å². The number of aliphatic hydroxyl groups is 3. The molecular formula is C15H20N2O6S. The summed E-state index contributed by atoms with van der Waals surface area (Å²) in [5.41, 5.74) is 1.04. The van der Waals surface area contributed by atoms with Crippen molar-refractivity contribution in [1.82, 2.24) is 5.32 Å². The summed E-state index contributed by atoms with van der Waals surface area (Å²) in [7, 11) is 0. The van der Waals surface area contributed by atoms with Gasteiger partial charge in [0, 0.05) is 5.69 Å². The van der Waals surface area contributed by atoms with Gasteiger partial charge in [-0.15, -0.1) is 0 Å². The zero-order valence-electron chi connectivity index (χ0n) is 13.0. The molecule has 0 bridgehead atoms. The highest BCUT2D eigenvalue weighted by atomic mass is 32.1. The molecule has 1 aromatic rings. The molecule has 1 aromatic carbocycles. The molecule has 0 radical (unpaired) electrons. The lowest BCUT2D eigenvalue weighted by atomic mass is 10.0. The first kappa shape index (κ1) is 18.6. The number of benzene rings is 1. The van der Waals surface area contributed by atoms with E-state index in [0.29, 0.717) is 17.9 Å². The zero-order chi connectivity index (χ0) is 17.7. The first-order chi connectivity index (χ1) is 11.4. The molecule has 1 fully saturated rings. The fourth-order valence-corrected chi connectivity index (χ4v) is 2.37. The van der Waals surface area contributed by atoms with E-state index in [1.165, 1.54) is 0 Å². The van der Waals surface area contributed by atoms with Crippen molar-refractivity contribution >= 4 is 29.0 Å². The molecule has 132 valence electrons. The molecule has 1 heterocycles. The maximum absolute atomic E-state index is 11.6. The molecule has 5 N–H and O–H groups in total. The molecule has 0 saturated carbocycles. The monoisotopic (exact) mass is 356 g/mol. The minimum Gasteiger partial charge on any atom is -0.462 e. The lowest BCUT2D eigenvalue weighted by molar-refractivity contribution is -0.190. The number of aliphatic hydroxyl groups excluding tert-OH is 3. The van der Waals surface area contributed by atoms with Gasteiger partial charge in [-0.1, -0.05) is 0 Å². The molecule has 0 aromatic heterocycles. The Balaban J connectivity index is 1.89. The molecule has 0 spiro atoms. The molecule has 1 aliphatic rings. The van der Waals surface area contributed by atoms with Crippen LogP contribution in [0.2, 0.25) is 0 Å². The minimum absolute atomic E-state index is 0.118. The van der Waals surface area contributed by atoms with Crippen molar-refractivity contribution < 1.29 is 29.6 Å². The van der Waals surface area contributed by atoms with Gasteiger partial charge in [0.25, 0.3) is 0 Å². The zero-order valence-corrected chi connectivity index (χ0v) is 13.8. The molecule has 1 aliphatic heterocycles. The summed E-state index contributed by atoms with van der Waals surface area (Å²) in [6.07, 6.45) is -4.72. The number of hydrogen-bond acceptors (Lipinski definition) is 7. The number of anilines is 1. The third-order valence-electron chi connectivity index (χ3n) is 3.43. The fourth-order valence-electron chi connectivity index (χ4n) is 2.13. The maximum Gasteiger partial charge on any atom is 0.338 e. The van der Waals surface area contributed by atoms with Crippen LogP contribution in [0.3, 0.4) is 0 Å². The molecule has 4 atom stereocenters. The Morgan fingerprint density at radius 3 is 2.58 bits per heavy atom. The second-order valence-corrected chi connectivity index (χ2v) is 5.61. The van der Waals surface area contributed by atoms with E-state index < -0.39 is 30.5 Å². The van der Waals surface area contributed by atoms with E-state index in [1.54, 1.807) is 31.2 Å². The second-order valence-electron chi connectivity index (χ2n) is 5.20. The van der Waals surface area contributed by atoms with E-state index in [0.717, 1.165) is 0 Å². The molecule has 4 unspecified atom stereocenters. The van der Waals surface area contributed by atoms with Crippen LogP contribution < -0.4 is 10.6 Å². The van der Waals surface area contributed by atoms with Gasteiger partial charge in [-0.2, -0.15) is 0 Å². The highest BCUT2D eigenvalue weighted by Gasteiger charge is 2.37. The van der Waals surface area contributed by atoms with Crippen molar-refractivity contribution in [3.63, 3.8) is 0 Å². The Bertz CT molecular complexity index is 582. The smallest absolute Gasteiger partial charge is 0.338 e. The fraction of sp³-hybridized carbons (Fsp3) is 0.467. The van der Waals surface area contributed by atoms with Crippen molar-refractivity contribution in [3.05, 3.63) is 29.8 Å². The van der Waals surface area contributed by atoms with Gasteiger partial charge in [-0.3, -0.25) is 0 Å². The van der Waals surface area contributed by atoms with Crippen LogP contribution in [0.5, 0.6) is 0 Å². The number of thiocarbonyl (C=S) groups is 1. The first-order valence-electron chi connectivity index (χ1n) is 7.43. The maximum atomic E-state index is 11.6. The Morgan fingerprint density at radius 2 is 1.96 bits per heavy atom. The van der Waals surface area contributed by atoms with Crippen LogP contribution in [-0.4, -0.2) is 64.2 Å². The molecule has 0 aliphatic carbocycles. The highest BCUT2D eigenvalue weighted by molar-refractivity contribution is 7.80. The molecule has 0 amide bonds. The van der Waals surface area contributed by atoms with Crippen molar-refractivity contribution in [2.45, 2.75) is 31.5 Å². The summed E-state index contributed by atoms with van der Waals surface area (Å²) in [5, 5.41) is 34.6. The lowest BCUT2D eigenvalue weighted by Gasteiger charge is -2.35. The number of esters is 1. The molecule has 8 nitrogen and oxygen atoms in total. The number of carbonyl (C=O) groups is 1. The number of carbonyl (C=O) groups excluding carboxylic acids is 1. The number of ether oxygens (including phenoxy) is 2. The van der Waals surface area contributed by atoms with Crippen molar-refractivity contribution in [2.75, 3.05) is 18.5 Å². The molecule has 9 heteroatoms. The quantitative estimate of drug-likeness (QED) is 0.362. The van der Waals surface area contributed by atoms with Crippen LogP contribution in [0.4, 0.5) is 5.69 Å². The Kier molecular flexibility index (Phi) is 6.46. The van der Waals surface area contributed by atoms with Gasteiger partial charge < -0.3 is 35.4 Å². The average molecular weight is 356 g/mol. The molecule has 1 saturated heterocycles. The van der Waals surface area contributed by atoms with E-state index in [9.17, 15) is 20.1 Å². The van der Waals surface area contributed by atoms with Crippen molar-refractivity contribution in [2.24, 2.45) is 0 Å². The van der Waals surface area contributed by atoms with E-state index in [4.69, 9.17) is 21.7 Å². The largest absolute Gasteiger partial charge is 0.462 e. The second kappa shape index (κ2) is 8.36. The third kappa shape index (κ3) is 4.62. The van der Waals surface area contributed by atoms with Crippen LogP contribution in [-0.2, 0) is 9.47 Å². The van der Waals surface area contributed by atoms with Gasteiger partial charge in [-0.05, 0) is 43.4 Å². The lowest BCUT2D eigenvalue weighted by Crippen LogP contribution is -2.59. The van der Waals surface area contributed by atoms with Crippen LogP contribution in [0, 0.1) is 0 Å². The Hall–Kier alpha value is -1.78. The van der Waals surface area contributed by atoms with Crippen molar-refractivity contribution in [3.8, 4) is 0 Å². The van der Waals surface area contributed by atoms with E-state index in [2.05, 4.69) is 10.6 Å². The Morgan fingerprint density at radius 1 is 1.29 bits per heavy atom. The Labute approximate surface area is 144 Å². The van der Waals surface area contributed by atoms with Crippen molar-refractivity contribution in [1.29, 1.82) is 0 Å². The van der Waals surface area contributed by atoms with E-state index in [-0.39, 0.29) is 11.7 Å². The summed E-state index contributed by atoms with van der Waals surface area (Å²) in [6, 6.07) is 6.48. The average Bonchev–Trinajstić information content (AvgIpc) is 2.56. The van der Waals surface area contributed by atoms with E-state index >= 15 is 0 Å². The topological polar surface area (TPSA) is 120 Å². The van der Waals surface area contributed by atoms with Crippen LogP contribution in [0.1, 0.15) is 17.3 Å². The summed E-state index contributed by atoms with van der Waals surface area (Å²) in [4.78, 5) is 11.6. The summed E-state index contributed by atoms with van der Waals surface area (Å²) in [6.45, 7) is 1.92. The number of rotatable bonds is 4. The number of nitrogens with one attached hydrogen (secondary N) is 2. The standard InChI is InChI=1S/C15H20N2O6S/c1-2-22-14(21)8-3-5-9(6-4-8)16-15(24)17-13-12(20)11(19)10(18)7-23-13/h3-6,10-13,18-20H,2,7H2,1H3,(H2,16,17,24). The highest BCUT2D eigenvalue weighted by Crippen LogP contribution is 2.15. The summed E-state index contributed by atoms with van der Waals surface area (Å²) in [5.74, 6) is -0.406. The van der Waals surface area contributed by atoms with Gasteiger partial charge in [0.05, 0.1) is 18.8 Å². The molecule has 24 heavy (non-hydrogen) atoms. The van der Waals surface area contributed by atoms with Gasteiger partial charge in [0.2, 0.25) is 0 Å². The predicted octanol–water partition coefficient (Wildman–Crippen LogP) is -0.411. The van der Waals surface area contributed by atoms with Crippen LogP contribution in [0.15, 0.2) is 24.3 Å². The molecule has 2 rings (SSSR count). The van der Waals surface area contributed by atoms with Gasteiger partial charge in [-0.25, -0.2) is 4.79 Å². The first-order valence-corrected chi connectivity index (χ1v) is 7.83. The molecular weight excluding hydrogens is 336 g/mol. The summed E-state index contributed by atoms with van der Waals surface area (Å²) < 4.78 is 10.1. The SMILES string of the molecule is CCOC(=O)c1ccc(NC(=S)NC2OCC(O)C(O)C2O)cc1. The minimum atomic E-state index is -1.32. The number of hydrogen-bond donors (Lipinski definition) is 5. The normalized spacial score (nSPS) is 26.5.